The zero-order valence-electron chi connectivity index (χ0n) is 11.4. The van der Waals surface area contributed by atoms with Gasteiger partial charge in [0.1, 0.15) is 0 Å². The number of carboxylic acids is 1. The monoisotopic (exact) mass is 350 g/mol. The lowest BCUT2D eigenvalue weighted by Gasteiger charge is -2.32. The predicted octanol–water partition coefficient (Wildman–Crippen LogP) is 3.38. The molecular formula is C16H15BrO4. The van der Waals surface area contributed by atoms with Crippen molar-refractivity contribution in [2.24, 2.45) is 0 Å². The molecule has 4 rings (SSSR count). The Morgan fingerprint density at radius 1 is 1.29 bits per heavy atom. The van der Waals surface area contributed by atoms with Crippen molar-refractivity contribution in [1.82, 2.24) is 0 Å². The summed E-state index contributed by atoms with van der Waals surface area (Å²) in [5.41, 5.74) is 4.93. The van der Waals surface area contributed by atoms with E-state index in [1.807, 2.05) is 6.07 Å². The molecule has 1 fully saturated rings. The summed E-state index contributed by atoms with van der Waals surface area (Å²) >= 11 is 3.58. The molecule has 0 amide bonds. The van der Waals surface area contributed by atoms with E-state index in [1.54, 1.807) is 6.07 Å². The van der Waals surface area contributed by atoms with Crippen molar-refractivity contribution in [3.05, 3.63) is 38.9 Å². The lowest BCUT2D eigenvalue weighted by molar-refractivity contribution is -0.159. The van der Waals surface area contributed by atoms with Crippen molar-refractivity contribution in [2.45, 2.75) is 31.5 Å². The topological polar surface area (TPSA) is 55.8 Å². The van der Waals surface area contributed by atoms with Crippen molar-refractivity contribution < 1.29 is 19.4 Å². The van der Waals surface area contributed by atoms with Crippen LogP contribution in [0.1, 0.15) is 40.7 Å². The summed E-state index contributed by atoms with van der Waals surface area (Å²) in [6.45, 7) is 1.29. The fourth-order valence-corrected chi connectivity index (χ4v) is 4.33. The van der Waals surface area contributed by atoms with Gasteiger partial charge in [0.25, 0.3) is 0 Å². The van der Waals surface area contributed by atoms with Crippen LogP contribution in [0.4, 0.5) is 0 Å². The Labute approximate surface area is 130 Å². The van der Waals surface area contributed by atoms with Gasteiger partial charge in [-0.2, -0.15) is 0 Å². The molecule has 0 bridgehead atoms. The molecule has 2 aliphatic carbocycles. The molecule has 1 aromatic rings. The number of carbonyl (C=O) groups is 1. The van der Waals surface area contributed by atoms with E-state index in [2.05, 4.69) is 15.9 Å². The summed E-state index contributed by atoms with van der Waals surface area (Å²) in [6.07, 6.45) is 3.23. The molecule has 0 saturated carbocycles. The molecule has 1 aromatic carbocycles. The molecule has 0 unspecified atom stereocenters. The first-order valence-corrected chi connectivity index (χ1v) is 7.93. The quantitative estimate of drug-likeness (QED) is 0.843. The minimum Gasteiger partial charge on any atom is -0.478 e. The zero-order valence-corrected chi connectivity index (χ0v) is 13.0. The van der Waals surface area contributed by atoms with Crippen molar-refractivity contribution in [2.75, 3.05) is 13.2 Å². The summed E-state index contributed by atoms with van der Waals surface area (Å²) in [7, 11) is 0. The second kappa shape index (κ2) is 4.66. The molecule has 3 aliphatic rings. The number of ether oxygens (including phenoxy) is 2. The Morgan fingerprint density at radius 2 is 2.05 bits per heavy atom. The first kappa shape index (κ1) is 13.5. The van der Waals surface area contributed by atoms with E-state index >= 15 is 0 Å². The van der Waals surface area contributed by atoms with Crippen LogP contribution in [-0.4, -0.2) is 30.1 Å². The van der Waals surface area contributed by atoms with Crippen molar-refractivity contribution in [3.8, 4) is 0 Å². The first-order chi connectivity index (χ1) is 10.1. The van der Waals surface area contributed by atoms with Gasteiger partial charge in [0, 0.05) is 17.3 Å². The Kier molecular flexibility index (Phi) is 3.00. The van der Waals surface area contributed by atoms with Crippen LogP contribution in [0, 0.1) is 0 Å². The molecule has 110 valence electrons. The van der Waals surface area contributed by atoms with Gasteiger partial charge in [-0.3, -0.25) is 0 Å². The number of benzene rings is 1. The average molecular weight is 351 g/mol. The lowest BCUT2D eigenvalue weighted by atomic mass is 9.87. The molecule has 4 nitrogen and oxygen atoms in total. The number of aromatic carboxylic acids is 1. The summed E-state index contributed by atoms with van der Waals surface area (Å²) in [6, 6.07) is 3.51. The van der Waals surface area contributed by atoms with Gasteiger partial charge < -0.3 is 14.6 Å². The van der Waals surface area contributed by atoms with Gasteiger partial charge in [-0.05, 0) is 41.7 Å². The highest BCUT2D eigenvalue weighted by molar-refractivity contribution is 9.10. The van der Waals surface area contributed by atoms with Gasteiger partial charge in [0.15, 0.2) is 5.79 Å². The van der Waals surface area contributed by atoms with E-state index in [0.29, 0.717) is 18.8 Å². The van der Waals surface area contributed by atoms with Crippen LogP contribution in [-0.2, 0) is 15.9 Å². The van der Waals surface area contributed by atoms with E-state index in [4.69, 9.17) is 9.47 Å². The van der Waals surface area contributed by atoms with E-state index in [-0.39, 0.29) is 0 Å². The summed E-state index contributed by atoms with van der Waals surface area (Å²) in [5, 5.41) is 9.40. The second-order valence-electron chi connectivity index (χ2n) is 5.80. The van der Waals surface area contributed by atoms with E-state index in [1.165, 1.54) is 11.1 Å². The molecule has 1 N–H and O–H groups in total. The normalized spacial score (nSPS) is 22.5. The largest absolute Gasteiger partial charge is 0.478 e. The smallest absolute Gasteiger partial charge is 0.335 e. The SMILES string of the molecule is O=C(O)c1ccc(Br)c2c1CC1=C2CC2(CC1)OCCO2. The van der Waals surface area contributed by atoms with E-state index in [0.717, 1.165) is 41.3 Å². The van der Waals surface area contributed by atoms with Gasteiger partial charge in [0.2, 0.25) is 0 Å². The minimum absolute atomic E-state index is 0.407. The second-order valence-corrected chi connectivity index (χ2v) is 6.65. The third-order valence-corrected chi connectivity index (χ3v) is 5.34. The molecule has 21 heavy (non-hydrogen) atoms. The number of allylic oxidation sites excluding steroid dienone is 1. The maximum Gasteiger partial charge on any atom is 0.335 e. The highest BCUT2D eigenvalue weighted by Crippen LogP contribution is 2.50. The molecule has 1 aliphatic heterocycles. The summed E-state index contributed by atoms with van der Waals surface area (Å²) in [5.74, 6) is -1.35. The Morgan fingerprint density at radius 3 is 2.76 bits per heavy atom. The molecule has 0 radical (unpaired) electrons. The zero-order chi connectivity index (χ0) is 14.6. The third kappa shape index (κ3) is 1.99. The Balaban J connectivity index is 1.80. The molecule has 0 aromatic heterocycles. The van der Waals surface area contributed by atoms with Gasteiger partial charge in [-0.25, -0.2) is 4.79 Å². The van der Waals surface area contributed by atoms with Crippen LogP contribution in [0.5, 0.6) is 0 Å². The Hall–Kier alpha value is -1.17. The van der Waals surface area contributed by atoms with Gasteiger partial charge >= 0.3 is 5.97 Å². The maximum atomic E-state index is 11.4. The Bertz CT molecular complexity index is 671. The van der Waals surface area contributed by atoms with Crippen LogP contribution >= 0.6 is 15.9 Å². The fraction of sp³-hybridized carbons (Fsp3) is 0.438. The van der Waals surface area contributed by atoms with Crippen molar-refractivity contribution in [3.63, 3.8) is 0 Å². The number of hydrogen-bond donors (Lipinski definition) is 1. The molecule has 1 heterocycles. The van der Waals surface area contributed by atoms with Crippen LogP contribution in [0.15, 0.2) is 22.2 Å². The summed E-state index contributed by atoms with van der Waals surface area (Å²) in [4.78, 5) is 11.4. The highest BCUT2D eigenvalue weighted by Gasteiger charge is 2.43. The van der Waals surface area contributed by atoms with Gasteiger partial charge in [-0.15, -0.1) is 0 Å². The first-order valence-electron chi connectivity index (χ1n) is 7.13. The number of carboxylic acid groups (broad SMARTS) is 1. The van der Waals surface area contributed by atoms with Crippen molar-refractivity contribution >= 4 is 27.5 Å². The highest BCUT2D eigenvalue weighted by atomic mass is 79.9. The maximum absolute atomic E-state index is 11.4. The molecule has 5 heteroatoms. The van der Waals surface area contributed by atoms with Crippen LogP contribution in [0.25, 0.3) is 5.57 Å². The number of hydrogen-bond acceptors (Lipinski definition) is 3. The van der Waals surface area contributed by atoms with E-state index in [9.17, 15) is 9.90 Å². The van der Waals surface area contributed by atoms with E-state index < -0.39 is 11.8 Å². The molecule has 1 spiro atoms. The van der Waals surface area contributed by atoms with Gasteiger partial charge in [-0.1, -0.05) is 21.5 Å². The van der Waals surface area contributed by atoms with Crippen molar-refractivity contribution in [1.29, 1.82) is 0 Å². The van der Waals surface area contributed by atoms with Crippen LogP contribution in [0.3, 0.4) is 0 Å². The molecule has 1 saturated heterocycles. The molecule has 0 atom stereocenters. The van der Waals surface area contributed by atoms with Crippen LogP contribution in [0.2, 0.25) is 0 Å². The minimum atomic E-state index is -0.860. The van der Waals surface area contributed by atoms with Crippen LogP contribution < -0.4 is 0 Å². The number of fused-ring (bicyclic) bond motifs is 2. The standard InChI is InChI=1S/C16H15BrO4/c17-13-2-1-10(15(18)19)11-7-9-3-4-16(20-5-6-21-16)8-12(9)14(11)13/h1-2H,3-8H2,(H,18,19). The summed E-state index contributed by atoms with van der Waals surface area (Å²) < 4.78 is 12.6. The third-order valence-electron chi connectivity index (χ3n) is 4.68. The lowest BCUT2D eigenvalue weighted by Crippen LogP contribution is -2.32. The number of rotatable bonds is 1. The fourth-order valence-electron chi connectivity index (χ4n) is 3.72. The molecular weight excluding hydrogens is 336 g/mol. The van der Waals surface area contributed by atoms with Gasteiger partial charge in [0.05, 0.1) is 18.8 Å². The predicted molar refractivity (Wildman–Crippen MR) is 80.2 cm³/mol. The average Bonchev–Trinajstić information content (AvgIpc) is 3.04. The number of halogens is 1.